The number of benzene rings is 1. The fraction of sp³-hybridized carbons (Fsp3) is 0. The zero-order chi connectivity index (χ0) is 13.2. The van der Waals surface area contributed by atoms with Gasteiger partial charge in [0, 0.05) is 0 Å². The molecule has 1 N–H and O–H groups in total. The highest BCUT2D eigenvalue weighted by Crippen LogP contribution is 2.20. The van der Waals surface area contributed by atoms with E-state index in [1.165, 1.54) is 34.4 Å². The molecular weight excluding hydrogens is 248 g/mol. The van der Waals surface area contributed by atoms with Crippen molar-refractivity contribution in [2.45, 2.75) is 0 Å². The van der Waals surface area contributed by atoms with Gasteiger partial charge in [-0.1, -0.05) is 6.07 Å². The van der Waals surface area contributed by atoms with E-state index in [1.807, 2.05) is 0 Å². The van der Waals surface area contributed by atoms with Gasteiger partial charge in [-0.25, -0.2) is 4.79 Å². The van der Waals surface area contributed by atoms with Gasteiger partial charge in [-0.05, 0) is 12.1 Å². The van der Waals surface area contributed by atoms with Gasteiger partial charge in [0.25, 0.3) is 0 Å². The SMILES string of the molecule is O=C(O)c1c(-n2nccn2)cccc1-n1nccn1. The van der Waals surface area contributed by atoms with Crippen molar-refractivity contribution in [3.63, 3.8) is 0 Å². The number of carboxylic acids is 1. The molecule has 8 heteroatoms. The molecule has 0 bridgehead atoms. The standard InChI is InChI=1S/C11H8N6O2/c18-11(19)10-8(16-12-4-5-13-16)2-1-3-9(10)17-14-6-7-15-17/h1-7H,(H,18,19). The molecule has 94 valence electrons. The third kappa shape index (κ3) is 1.84. The van der Waals surface area contributed by atoms with Crippen molar-refractivity contribution in [2.24, 2.45) is 0 Å². The topological polar surface area (TPSA) is 98.7 Å². The molecule has 0 aliphatic carbocycles. The van der Waals surface area contributed by atoms with Crippen LogP contribution in [0.4, 0.5) is 0 Å². The number of rotatable bonds is 3. The van der Waals surface area contributed by atoms with Crippen molar-refractivity contribution >= 4 is 5.97 Å². The average molecular weight is 256 g/mol. The summed E-state index contributed by atoms with van der Waals surface area (Å²) < 4.78 is 0. The highest BCUT2D eigenvalue weighted by Gasteiger charge is 2.19. The summed E-state index contributed by atoms with van der Waals surface area (Å²) in [6.45, 7) is 0. The third-order valence-electron chi connectivity index (χ3n) is 2.50. The number of carbonyl (C=O) groups is 1. The van der Waals surface area contributed by atoms with Crippen LogP contribution in [0, 0.1) is 0 Å². The summed E-state index contributed by atoms with van der Waals surface area (Å²) in [4.78, 5) is 14.0. The molecule has 0 radical (unpaired) electrons. The van der Waals surface area contributed by atoms with Gasteiger partial charge < -0.3 is 5.11 Å². The Hall–Kier alpha value is -3.03. The van der Waals surface area contributed by atoms with E-state index in [9.17, 15) is 9.90 Å². The second kappa shape index (κ2) is 4.33. The Morgan fingerprint density at radius 1 is 0.895 bits per heavy atom. The zero-order valence-corrected chi connectivity index (χ0v) is 9.58. The van der Waals surface area contributed by atoms with Crippen LogP contribution in [-0.2, 0) is 0 Å². The lowest BCUT2D eigenvalue weighted by atomic mass is 10.1. The van der Waals surface area contributed by atoms with Crippen molar-refractivity contribution in [1.82, 2.24) is 30.0 Å². The second-order valence-corrected chi connectivity index (χ2v) is 3.61. The first kappa shape index (κ1) is 11.1. The number of aromatic carboxylic acids is 1. The molecular formula is C11H8N6O2. The Morgan fingerprint density at radius 2 is 1.32 bits per heavy atom. The minimum absolute atomic E-state index is 0.0369. The largest absolute Gasteiger partial charge is 0.478 e. The summed E-state index contributed by atoms with van der Waals surface area (Å²) in [5.41, 5.74) is 0.745. The minimum Gasteiger partial charge on any atom is -0.478 e. The molecule has 0 spiro atoms. The molecule has 0 aliphatic rings. The van der Waals surface area contributed by atoms with Gasteiger partial charge in [0.15, 0.2) is 0 Å². The summed E-state index contributed by atoms with van der Waals surface area (Å²) in [5, 5.41) is 25.2. The highest BCUT2D eigenvalue weighted by atomic mass is 16.4. The first-order valence-electron chi connectivity index (χ1n) is 5.37. The van der Waals surface area contributed by atoms with Crippen molar-refractivity contribution < 1.29 is 9.90 Å². The van der Waals surface area contributed by atoms with Crippen molar-refractivity contribution in [3.8, 4) is 11.4 Å². The van der Waals surface area contributed by atoms with Gasteiger partial charge in [0.1, 0.15) is 16.9 Å². The Labute approximate surface area is 106 Å². The Kier molecular flexibility index (Phi) is 2.53. The molecule has 0 atom stereocenters. The fourth-order valence-corrected chi connectivity index (χ4v) is 1.76. The summed E-state index contributed by atoms with van der Waals surface area (Å²) in [7, 11) is 0. The first-order valence-corrected chi connectivity index (χ1v) is 5.37. The smallest absolute Gasteiger partial charge is 0.340 e. The zero-order valence-electron chi connectivity index (χ0n) is 9.58. The van der Waals surface area contributed by atoms with Gasteiger partial charge >= 0.3 is 5.97 Å². The lowest BCUT2D eigenvalue weighted by Gasteiger charge is -2.09. The molecule has 0 amide bonds. The molecule has 1 aromatic carbocycles. The van der Waals surface area contributed by atoms with E-state index in [2.05, 4.69) is 20.4 Å². The quantitative estimate of drug-likeness (QED) is 0.734. The van der Waals surface area contributed by atoms with E-state index in [-0.39, 0.29) is 5.56 Å². The number of aromatic nitrogens is 6. The molecule has 0 saturated carbocycles. The average Bonchev–Trinajstić information content (AvgIpc) is 3.11. The van der Waals surface area contributed by atoms with Crippen molar-refractivity contribution in [1.29, 1.82) is 0 Å². The molecule has 2 aromatic heterocycles. The van der Waals surface area contributed by atoms with Crippen LogP contribution in [0.2, 0.25) is 0 Å². The van der Waals surface area contributed by atoms with E-state index in [1.54, 1.807) is 18.2 Å². The van der Waals surface area contributed by atoms with Crippen molar-refractivity contribution in [3.05, 3.63) is 48.5 Å². The Bertz CT molecular complexity index is 652. The Morgan fingerprint density at radius 3 is 1.68 bits per heavy atom. The van der Waals surface area contributed by atoms with Crippen LogP contribution in [0.3, 0.4) is 0 Å². The lowest BCUT2D eigenvalue weighted by molar-refractivity contribution is 0.0696. The number of nitrogens with zero attached hydrogens (tertiary/aromatic N) is 6. The molecule has 3 aromatic rings. The molecule has 2 heterocycles. The van der Waals surface area contributed by atoms with Gasteiger partial charge in [0.05, 0.1) is 24.8 Å². The van der Waals surface area contributed by atoms with E-state index < -0.39 is 5.97 Å². The van der Waals surface area contributed by atoms with Crippen LogP contribution < -0.4 is 0 Å². The van der Waals surface area contributed by atoms with Gasteiger partial charge in [-0.3, -0.25) is 0 Å². The molecule has 0 unspecified atom stereocenters. The summed E-state index contributed by atoms with van der Waals surface area (Å²) >= 11 is 0. The van der Waals surface area contributed by atoms with E-state index in [0.717, 1.165) is 0 Å². The van der Waals surface area contributed by atoms with Crippen LogP contribution in [0.1, 0.15) is 10.4 Å². The maximum atomic E-state index is 11.5. The molecule has 8 nitrogen and oxygen atoms in total. The second-order valence-electron chi connectivity index (χ2n) is 3.61. The van der Waals surface area contributed by atoms with Gasteiger partial charge in [0.2, 0.25) is 0 Å². The maximum Gasteiger partial charge on any atom is 0.340 e. The monoisotopic (exact) mass is 256 g/mol. The normalized spacial score (nSPS) is 10.5. The number of hydrogen-bond acceptors (Lipinski definition) is 5. The molecule has 3 rings (SSSR count). The maximum absolute atomic E-state index is 11.5. The van der Waals surface area contributed by atoms with Crippen LogP contribution in [0.25, 0.3) is 11.4 Å². The third-order valence-corrected chi connectivity index (χ3v) is 2.50. The molecule has 19 heavy (non-hydrogen) atoms. The van der Waals surface area contributed by atoms with Crippen molar-refractivity contribution in [2.75, 3.05) is 0 Å². The van der Waals surface area contributed by atoms with E-state index >= 15 is 0 Å². The van der Waals surface area contributed by atoms with Crippen LogP contribution in [-0.4, -0.2) is 41.1 Å². The summed E-state index contributed by atoms with van der Waals surface area (Å²) in [6.07, 6.45) is 5.91. The number of carboxylic acid groups (broad SMARTS) is 1. The minimum atomic E-state index is -1.10. The van der Waals surface area contributed by atoms with E-state index in [0.29, 0.717) is 11.4 Å². The molecule has 0 saturated heterocycles. The first-order chi connectivity index (χ1) is 9.27. The highest BCUT2D eigenvalue weighted by molar-refractivity contribution is 5.96. The van der Waals surface area contributed by atoms with E-state index in [4.69, 9.17) is 0 Å². The van der Waals surface area contributed by atoms with Gasteiger partial charge in [-0.15, -0.1) is 0 Å². The van der Waals surface area contributed by atoms with Crippen LogP contribution in [0.5, 0.6) is 0 Å². The van der Waals surface area contributed by atoms with Crippen LogP contribution in [0.15, 0.2) is 43.0 Å². The molecule has 0 aliphatic heterocycles. The predicted octanol–water partition coefficient (Wildman–Crippen LogP) is 0.546. The fourth-order valence-electron chi connectivity index (χ4n) is 1.76. The van der Waals surface area contributed by atoms with Gasteiger partial charge in [-0.2, -0.15) is 30.0 Å². The summed E-state index contributed by atoms with van der Waals surface area (Å²) in [6, 6.07) is 4.94. The molecule has 0 fully saturated rings. The van der Waals surface area contributed by atoms with Crippen LogP contribution >= 0.6 is 0 Å². The number of hydrogen-bond donors (Lipinski definition) is 1. The lowest BCUT2D eigenvalue weighted by Crippen LogP contribution is -2.13. The predicted molar refractivity (Wildman–Crippen MR) is 63.2 cm³/mol. The summed E-state index contributed by atoms with van der Waals surface area (Å²) in [5.74, 6) is -1.10. The Balaban J connectivity index is 2.27.